The van der Waals surface area contributed by atoms with Gasteiger partial charge in [-0.1, -0.05) is 0 Å². The first-order valence-corrected chi connectivity index (χ1v) is 5.71. The number of nitrogens with zero attached hydrogens (tertiary/aromatic N) is 1. The van der Waals surface area contributed by atoms with Crippen LogP contribution in [-0.4, -0.2) is 29.8 Å². The second-order valence-corrected chi connectivity index (χ2v) is 4.31. The molecule has 0 bridgehead atoms. The zero-order chi connectivity index (χ0) is 10.8. The van der Waals surface area contributed by atoms with Crippen LogP contribution in [0.15, 0.2) is 16.8 Å². The van der Waals surface area contributed by atoms with Crippen LogP contribution in [-0.2, 0) is 9.59 Å². The van der Waals surface area contributed by atoms with E-state index < -0.39 is 0 Å². The van der Waals surface area contributed by atoms with E-state index >= 15 is 0 Å². The topological polar surface area (TPSA) is 49.4 Å². The summed E-state index contributed by atoms with van der Waals surface area (Å²) in [6.45, 7) is 2.22. The minimum absolute atomic E-state index is 0.0187. The number of carbonyl (C=O) groups excluding carboxylic acids is 2. The van der Waals surface area contributed by atoms with Gasteiger partial charge >= 0.3 is 0 Å². The highest BCUT2D eigenvalue weighted by Crippen LogP contribution is 2.22. The molecule has 1 N–H and O–H groups in total. The Hall–Kier alpha value is -1.36. The third-order valence-corrected chi connectivity index (χ3v) is 3.27. The standard InChI is InChI=1S/C10H12N2O2S/c1-7(8-2-3-15-6-8)12-5-9(13)11-4-10(12)14/h2-3,6-7H,4-5H2,1H3,(H,11,13). The summed E-state index contributed by atoms with van der Waals surface area (Å²) in [6, 6.07) is 1.96. The van der Waals surface area contributed by atoms with Gasteiger partial charge in [0.05, 0.1) is 12.6 Å². The zero-order valence-electron chi connectivity index (χ0n) is 8.40. The second-order valence-electron chi connectivity index (χ2n) is 3.53. The lowest BCUT2D eigenvalue weighted by Gasteiger charge is -2.31. The third kappa shape index (κ3) is 2.02. The molecule has 80 valence electrons. The Kier molecular flexibility index (Phi) is 2.73. The summed E-state index contributed by atoms with van der Waals surface area (Å²) >= 11 is 1.60. The summed E-state index contributed by atoms with van der Waals surface area (Å²) in [4.78, 5) is 24.4. The maximum atomic E-state index is 11.6. The normalized spacial score (nSPS) is 18.9. The van der Waals surface area contributed by atoms with E-state index in [9.17, 15) is 9.59 Å². The molecule has 0 aromatic carbocycles. The molecule has 1 aliphatic rings. The number of amides is 2. The van der Waals surface area contributed by atoms with Crippen LogP contribution in [0.2, 0.25) is 0 Å². The van der Waals surface area contributed by atoms with E-state index in [4.69, 9.17) is 0 Å². The molecule has 15 heavy (non-hydrogen) atoms. The van der Waals surface area contributed by atoms with Crippen LogP contribution < -0.4 is 5.32 Å². The Morgan fingerprint density at radius 2 is 2.33 bits per heavy atom. The number of hydrogen-bond acceptors (Lipinski definition) is 3. The van der Waals surface area contributed by atoms with Gasteiger partial charge in [0.15, 0.2) is 0 Å². The molecule has 2 heterocycles. The maximum Gasteiger partial charge on any atom is 0.242 e. The Bertz CT molecular complexity index is 375. The molecule has 0 aliphatic carbocycles. The van der Waals surface area contributed by atoms with Gasteiger partial charge in [0, 0.05) is 0 Å². The first-order chi connectivity index (χ1) is 7.18. The number of thiophene rings is 1. The molecule has 1 fully saturated rings. The van der Waals surface area contributed by atoms with Crippen molar-refractivity contribution in [2.75, 3.05) is 13.1 Å². The van der Waals surface area contributed by atoms with E-state index in [1.807, 2.05) is 23.8 Å². The SMILES string of the molecule is CC(c1ccsc1)N1CC(=O)NCC1=O. The van der Waals surface area contributed by atoms with Gasteiger partial charge < -0.3 is 10.2 Å². The Morgan fingerprint density at radius 3 is 3.00 bits per heavy atom. The summed E-state index contributed by atoms with van der Waals surface area (Å²) in [7, 11) is 0. The van der Waals surface area contributed by atoms with Gasteiger partial charge in [0.25, 0.3) is 0 Å². The number of carbonyl (C=O) groups is 2. The summed E-state index contributed by atoms with van der Waals surface area (Å²) in [6.07, 6.45) is 0. The summed E-state index contributed by atoms with van der Waals surface area (Å²) < 4.78 is 0. The van der Waals surface area contributed by atoms with Gasteiger partial charge in [0.2, 0.25) is 11.8 Å². The van der Waals surface area contributed by atoms with Crippen molar-refractivity contribution in [3.63, 3.8) is 0 Å². The molecule has 1 aliphatic heterocycles. The fourth-order valence-corrected chi connectivity index (χ4v) is 2.37. The van der Waals surface area contributed by atoms with Crippen molar-refractivity contribution < 1.29 is 9.59 Å². The highest BCUT2D eigenvalue weighted by atomic mass is 32.1. The summed E-state index contributed by atoms with van der Waals surface area (Å²) in [5.74, 6) is -0.107. The molecule has 2 rings (SSSR count). The average Bonchev–Trinajstić information content (AvgIpc) is 2.74. The van der Waals surface area contributed by atoms with E-state index in [1.165, 1.54) is 0 Å². The lowest BCUT2D eigenvalue weighted by Crippen LogP contribution is -2.52. The van der Waals surface area contributed by atoms with Crippen molar-refractivity contribution in [2.45, 2.75) is 13.0 Å². The van der Waals surface area contributed by atoms with Crippen molar-refractivity contribution in [3.05, 3.63) is 22.4 Å². The lowest BCUT2D eigenvalue weighted by atomic mass is 10.1. The fraction of sp³-hybridized carbons (Fsp3) is 0.400. The molecule has 1 saturated heterocycles. The first kappa shape index (κ1) is 10.2. The van der Waals surface area contributed by atoms with E-state index in [0.717, 1.165) is 5.56 Å². The Labute approximate surface area is 91.9 Å². The van der Waals surface area contributed by atoms with Gasteiger partial charge in [0.1, 0.15) is 6.54 Å². The highest BCUT2D eigenvalue weighted by Gasteiger charge is 2.27. The fourth-order valence-electron chi connectivity index (χ4n) is 1.62. The molecule has 1 unspecified atom stereocenters. The third-order valence-electron chi connectivity index (χ3n) is 2.56. The van der Waals surface area contributed by atoms with Crippen molar-refractivity contribution in [3.8, 4) is 0 Å². The predicted octanol–water partition coefficient (Wildman–Crippen LogP) is 0.767. The van der Waals surface area contributed by atoms with Crippen LogP contribution in [0.25, 0.3) is 0 Å². The van der Waals surface area contributed by atoms with Crippen molar-refractivity contribution in [1.82, 2.24) is 10.2 Å². The molecular weight excluding hydrogens is 212 g/mol. The second kappa shape index (κ2) is 4.02. The number of hydrogen-bond donors (Lipinski definition) is 1. The maximum absolute atomic E-state index is 11.6. The smallest absolute Gasteiger partial charge is 0.242 e. The molecule has 0 spiro atoms. The largest absolute Gasteiger partial charge is 0.345 e. The Morgan fingerprint density at radius 1 is 1.53 bits per heavy atom. The minimum atomic E-state index is -0.0864. The monoisotopic (exact) mass is 224 g/mol. The number of nitrogens with one attached hydrogen (secondary N) is 1. The lowest BCUT2D eigenvalue weighted by molar-refractivity contribution is -0.142. The van der Waals surface area contributed by atoms with Gasteiger partial charge in [-0.2, -0.15) is 11.3 Å². The van der Waals surface area contributed by atoms with E-state index in [0.29, 0.717) is 0 Å². The highest BCUT2D eigenvalue weighted by molar-refractivity contribution is 7.07. The van der Waals surface area contributed by atoms with Gasteiger partial charge in [-0.3, -0.25) is 9.59 Å². The van der Waals surface area contributed by atoms with Gasteiger partial charge in [-0.25, -0.2) is 0 Å². The summed E-state index contributed by atoms with van der Waals surface area (Å²) in [5, 5.41) is 6.51. The van der Waals surface area contributed by atoms with Gasteiger partial charge in [-0.15, -0.1) is 0 Å². The number of rotatable bonds is 2. The van der Waals surface area contributed by atoms with Crippen LogP contribution >= 0.6 is 11.3 Å². The quantitative estimate of drug-likeness (QED) is 0.806. The van der Waals surface area contributed by atoms with Crippen LogP contribution in [0, 0.1) is 0 Å². The van der Waals surface area contributed by atoms with Crippen LogP contribution in [0.5, 0.6) is 0 Å². The van der Waals surface area contributed by atoms with Crippen molar-refractivity contribution in [2.24, 2.45) is 0 Å². The van der Waals surface area contributed by atoms with E-state index in [-0.39, 0.29) is 30.9 Å². The molecule has 1 aromatic rings. The predicted molar refractivity (Wildman–Crippen MR) is 57.5 cm³/mol. The molecule has 0 radical (unpaired) electrons. The van der Waals surface area contributed by atoms with E-state index in [1.54, 1.807) is 16.2 Å². The van der Waals surface area contributed by atoms with E-state index in [2.05, 4.69) is 5.32 Å². The summed E-state index contributed by atoms with van der Waals surface area (Å²) in [5.41, 5.74) is 1.09. The first-order valence-electron chi connectivity index (χ1n) is 4.77. The molecule has 4 nitrogen and oxygen atoms in total. The van der Waals surface area contributed by atoms with Crippen LogP contribution in [0.1, 0.15) is 18.5 Å². The average molecular weight is 224 g/mol. The van der Waals surface area contributed by atoms with Crippen LogP contribution in [0.3, 0.4) is 0 Å². The van der Waals surface area contributed by atoms with Crippen molar-refractivity contribution in [1.29, 1.82) is 0 Å². The molecule has 1 aromatic heterocycles. The zero-order valence-corrected chi connectivity index (χ0v) is 9.21. The molecule has 5 heteroatoms. The van der Waals surface area contributed by atoms with Crippen molar-refractivity contribution >= 4 is 23.2 Å². The minimum Gasteiger partial charge on any atom is -0.345 e. The van der Waals surface area contributed by atoms with Crippen LogP contribution in [0.4, 0.5) is 0 Å². The molecule has 1 atom stereocenters. The number of piperazine rings is 1. The van der Waals surface area contributed by atoms with Gasteiger partial charge in [-0.05, 0) is 29.3 Å². The molecular formula is C10H12N2O2S. The Balaban J connectivity index is 2.15. The molecule has 2 amide bonds. The molecule has 0 saturated carbocycles.